The highest BCUT2D eigenvalue weighted by Gasteiger charge is 2.23. The monoisotopic (exact) mass is 489 g/mol. The largest absolute Gasteiger partial charge is 0.497 e. The highest BCUT2D eigenvalue weighted by Crippen LogP contribution is 2.31. The van der Waals surface area contributed by atoms with Gasteiger partial charge in [-0.3, -0.25) is 4.72 Å². The molecule has 0 amide bonds. The number of anilines is 1. The highest BCUT2D eigenvalue weighted by atomic mass is 79.9. The van der Waals surface area contributed by atoms with Gasteiger partial charge in [-0.15, -0.1) is 11.3 Å². The zero-order valence-corrected chi connectivity index (χ0v) is 17.8. The van der Waals surface area contributed by atoms with Crippen LogP contribution in [0.5, 0.6) is 11.6 Å². The molecule has 27 heavy (non-hydrogen) atoms. The average Bonchev–Trinajstić information content (AvgIpc) is 3.09. The number of rotatable bonds is 7. The molecule has 0 saturated heterocycles. The SMILES string of the molecule is COc1ccc(COc2nc(Br)cnc2NS(=O)(=O)c2sccc2Cl)cc1. The molecule has 0 spiro atoms. The van der Waals surface area contributed by atoms with Crippen LogP contribution in [0.15, 0.2) is 50.7 Å². The molecule has 142 valence electrons. The molecule has 0 aliphatic rings. The molecule has 0 radical (unpaired) electrons. The molecule has 0 bridgehead atoms. The van der Waals surface area contributed by atoms with E-state index < -0.39 is 10.0 Å². The number of hydrogen-bond acceptors (Lipinski definition) is 7. The number of thiophene rings is 1. The minimum Gasteiger partial charge on any atom is -0.497 e. The molecule has 0 unspecified atom stereocenters. The third-order valence-electron chi connectivity index (χ3n) is 3.31. The maximum atomic E-state index is 12.5. The maximum absolute atomic E-state index is 12.5. The molecule has 0 aliphatic heterocycles. The first kappa shape index (κ1) is 19.9. The molecular weight excluding hydrogens is 478 g/mol. The van der Waals surface area contributed by atoms with Crippen LogP contribution in [0.1, 0.15) is 5.56 Å². The van der Waals surface area contributed by atoms with Crippen LogP contribution in [0.3, 0.4) is 0 Å². The molecule has 2 heterocycles. The summed E-state index contributed by atoms with van der Waals surface area (Å²) < 4.78 is 38.6. The fourth-order valence-corrected chi connectivity index (χ4v) is 5.00. The van der Waals surface area contributed by atoms with Crippen molar-refractivity contribution in [1.29, 1.82) is 0 Å². The third-order valence-corrected chi connectivity index (χ3v) is 7.05. The second kappa shape index (κ2) is 8.42. The number of ether oxygens (including phenoxy) is 2. The second-order valence-corrected chi connectivity index (χ2v) is 9.16. The predicted octanol–water partition coefficient (Wildman–Crippen LogP) is 4.34. The van der Waals surface area contributed by atoms with Crippen molar-refractivity contribution in [2.45, 2.75) is 10.8 Å². The molecule has 0 fully saturated rings. The first-order valence-electron chi connectivity index (χ1n) is 7.43. The van der Waals surface area contributed by atoms with Crippen LogP contribution in [-0.4, -0.2) is 25.5 Å². The maximum Gasteiger partial charge on any atom is 0.274 e. The Morgan fingerprint density at radius 1 is 1.26 bits per heavy atom. The fraction of sp³-hybridized carbons (Fsp3) is 0.125. The number of nitrogens with one attached hydrogen (secondary N) is 1. The Morgan fingerprint density at radius 3 is 2.63 bits per heavy atom. The van der Waals surface area contributed by atoms with E-state index in [1.807, 2.05) is 12.1 Å². The van der Waals surface area contributed by atoms with Gasteiger partial charge in [0.2, 0.25) is 5.82 Å². The number of aromatic nitrogens is 2. The van der Waals surface area contributed by atoms with Crippen molar-refractivity contribution in [3.05, 3.63) is 57.1 Å². The van der Waals surface area contributed by atoms with E-state index >= 15 is 0 Å². The van der Waals surface area contributed by atoms with Gasteiger partial charge in [-0.1, -0.05) is 23.7 Å². The van der Waals surface area contributed by atoms with Crippen molar-refractivity contribution < 1.29 is 17.9 Å². The van der Waals surface area contributed by atoms with Crippen molar-refractivity contribution in [1.82, 2.24) is 9.97 Å². The minimum absolute atomic E-state index is 0.00464. The van der Waals surface area contributed by atoms with Crippen LogP contribution >= 0.6 is 38.9 Å². The number of methoxy groups -OCH3 is 1. The van der Waals surface area contributed by atoms with E-state index in [0.29, 0.717) is 4.60 Å². The molecule has 0 atom stereocenters. The van der Waals surface area contributed by atoms with E-state index in [-0.39, 0.29) is 27.5 Å². The lowest BCUT2D eigenvalue weighted by Crippen LogP contribution is -2.15. The van der Waals surface area contributed by atoms with Gasteiger partial charge in [0.1, 0.15) is 17.0 Å². The minimum atomic E-state index is -3.91. The van der Waals surface area contributed by atoms with Crippen molar-refractivity contribution in [3.8, 4) is 11.6 Å². The summed E-state index contributed by atoms with van der Waals surface area (Å²) in [5.74, 6) is 0.731. The van der Waals surface area contributed by atoms with Gasteiger partial charge in [0.25, 0.3) is 15.9 Å². The van der Waals surface area contributed by atoms with Crippen molar-refractivity contribution in [2.75, 3.05) is 11.8 Å². The standard InChI is InChI=1S/C16H13BrClN3O4S2/c1-24-11-4-2-10(3-5-11)9-25-15-14(19-8-13(17)20-15)21-27(22,23)16-12(18)6-7-26-16/h2-8H,9H2,1H3,(H,19,21). The molecule has 0 saturated carbocycles. The Hall–Kier alpha value is -1.88. The lowest BCUT2D eigenvalue weighted by atomic mass is 10.2. The number of sulfonamides is 1. The fourth-order valence-electron chi connectivity index (χ4n) is 2.04. The lowest BCUT2D eigenvalue weighted by molar-refractivity contribution is 0.294. The number of halogens is 2. The number of nitrogens with zero attached hydrogens (tertiary/aromatic N) is 2. The topological polar surface area (TPSA) is 90.4 Å². The van der Waals surface area contributed by atoms with E-state index in [9.17, 15) is 8.42 Å². The normalized spacial score (nSPS) is 11.2. The van der Waals surface area contributed by atoms with Gasteiger partial charge in [-0.2, -0.15) is 0 Å². The van der Waals surface area contributed by atoms with Crippen LogP contribution in [0.25, 0.3) is 0 Å². The molecule has 3 rings (SSSR count). The Balaban J connectivity index is 1.81. The smallest absolute Gasteiger partial charge is 0.274 e. The molecule has 11 heteroatoms. The zero-order chi connectivity index (χ0) is 19.4. The Bertz CT molecular complexity index is 1040. The molecule has 0 aliphatic carbocycles. The van der Waals surface area contributed by atoms with Gasteiger partial charge in [0.15, 0.2) is 4.21 Å². The molecule has 1 aromatic carbocycles. The van der Waals surface area contributed by atoms with E-state index in [0.717, 1.165) is 22.6 Å². The summed E-state index contributed by atoms with van der Waals surface area (Å²) >= 11 is 10.1. The Morgan fingerprint density at radius 2 is 2.00 bits per heavy atom. The van der Waals surface area contributed by atoms with Gasteiger partial charge < -0.3 is 9.47 Å². The van der Waals surface area contributed by atoms with Crippen LogP contribution in [0.4, 0.5) is 5.82 Å². The summed E-state index contributed by atoms with van der Waals surface area (Å²) in [7, 11) is -2.32. The summed E-state index contributed by atoms with van der Waals surface area (Å²) in [6.45, 7) is 0.170. The highest BCUT2D eigenvalue weighted by molar-refractivity contribution is 9.10. The summed E-state index contributed by atoms with van der Waals surface area (Å²) in [6, 6.07) is 8.77. The summed E-state index contributed by atoms with van der Waals surface area (Å²) in [5, 5.41) is 1.73. The van der Waals surface area contributed by atoms with Crippen LogP contribution in [0.2, 0.25) is 5.02 Å². The van der Waals surface area contributed by atoms with Crippen molar-refractivity contribution in [3.63, 3.8) is 0 Å². The third kappa shape index (κ3) is 4.89. The van der Waals surface area contributed by atoms with Crippen LogP contribution in [0, 0.1) is 0 Å². The molecule has 2 aromatic heterocycles. The van der Waals surface area contributed by atoms with Crippen LogP contribution in [-0.2, 0) is 16.6 Å². The van der Waals surface area contributed by atoms with Gasteiger partial charge in [-0.05, 0) is 45.1 Å². The first-order chi connectivity index (χ1) is 12.9. The van der Waals surface area contributed by atoms with Gasteiger partial charge in [-0.25, -0.2) is 18.4 Å². The summed E-state index contributed by atoms with van der Waals surface area (Å²) in [6.07, 6.45) is 1.37. The van der Waals surface area contributed by atoms with Crippen molar-refractivity contribution >= 4 is 54.7 Å². The number of benzene rings is 1. The average molecular weight is 491 g/mol. The first-order valence-corrected chi connectivity index (χ1v) is 11.0. The molecule has 1 N–H and O–H groups in total. The zero-order valence-electron chi connectivity index (χ0n) is 13.8. The van der Waals surface area contributed by atoms with Gasteiger partial charge in [0.05, 0.1) is 18.3 Å². The van der Waals surface area contributed by atoms with Crippen molar-refractivity contribution in [2.24, 2.45) is 0 Å². The second-order valence-electron chi connectivity index (χ2n) is 5.14. The molecule has 7 nitrogen and oxygen atoms in total. The Labute approximate surface area is 173 Å². The van der Waals surface area contributed by atoms with Gasteiger partial charge >= 0.3 is 0 Å². The van der Waals surface area contributed by atoms with Crippen LogP contribution < -0.4 is 14.2 Å². The van der Waals surface area contributed by atoms with E-state index in [1.54, 1.807) is 24.6 Å². The predicted molar refractivity (Wildman–Crippen MR) is 107 cm³/mol. The molecular formula is C16H13BrClN3O4S2. The van der Waals surface area contributed by atoms with Gasteiger partial charge in [0, 0.05) is 0 Å². The number of hydrogen-bond donors (Lipinski definition) is 1. The summed E-state index contributed by atoms with van der Waals surface area (Å²) in [5.41, 5.74) is 0.854. The Kier molecular flexibility index (Phi) is 6.20. The summed E-state index contributed by atoms with van der Waals surface area (Å²) in [4.78, 5) is 8.22. The quantitative estimate of drug-likeness (QED) is 0.530. The van der Waals surface area contributed by atoms with E-state index in [1.165, 1.54) is 12.3 Å². The lowest BCUT2D eigenvalue weighted by Gasteiger charge is -2.12. The van der Waals surface area contributed by atoms with E-state index in [4.69, 9.17) is 21.1 Å². The van der Waals surface area contributed by atoms with E-state index in [2.05, 4.69) is 30.6 Å². The molecule has 3 aromatic rings.